The minimum absolute atomic E-state index is 0.0558. The van der Waals surface area contributed by atoms with Crippen LogP contribution in [0.4, 0.5) is 0 Å². The fourth-order valence-electron chi connectivity index (χ4n) is 2.21. The first-order valence-corrected chi connectivity index (χ1v) is 8.07. The van der Waals surface area contributed by atoms with E-state index in [1.165, 1.54) is 11.5 Å². The monoisotopic (exact) mass is 306 g/mol. The van der Waals surface area contributed by atoms with Crippen molar-refractivity contribution >= 4 is 11.5 Å². The normalized spacial score (nSPS) is 12.6. The number of nitrogens with zero attached hydrogens (tertiary/aromatic N) is 3. The smallest absolute Gasteiger partial charge is 0.137 e. The van der Waals surface area contributed by atoms with E-state index in [2.05, 4.69) is 40.7 Å². The molecular weight excluding hydrogens is 284 g/mol. The summed E-state index contributed by atoms with van der Waals surface area (Å²) in [6.07, 6.45) is 3.62. The molecule has 6 heteroatoms. The summed E-state index contributed by atoms with van der Waals surface area (Å²) in [6, 6.07) is 2.09. The number of nitrogens with one attached hydrogen (secondary N) is 1. The molecule has 0 amide bonds. The second-order valence-corrected chi connectivity index (χ2v) is 5.84. The van der Waals surface area contributed by atoms with Gasteiger partial charge in [-0.1, -0.05) is 25.3 Å². The van der Waals surface area contributed by atoms with Gasteiger partial charge in [-0.25, -0.2) is 0 Å². The highest BCUT2D eigenvalue weighted by molar-refractivity contribution is 7.05. The molecule has 0 aliphatic carbocycles. The summed E-state index contributed by atoms with van der Waals surface area (Å²) >= 11 is 1.45. The minimum atomic E-state index is 0.0558. The molecule has 0 aromatic carbocycles. The molecule has 0 aliphatic rings. The summed E-state index contributed by atoms with van der Waals surface area (Å²) in [7, 11) is 0. The molecular formula is C15H22N4OS. The first kappa shape index (κ1) is 15.9. The predicted octanol–water partition coefficient (Wildman–Crippen LogP) is 3.15. The summed E-state index contributed by atoms with van der Waals surface area (Å²) in [5.74, 6) is 1.14. The van der Waals surface area contributed by atoms with Gasteiger partial charge in [-0.15, -0.1) is 5.10 Å². The third-order valence-electron chi connectivity index (χ3n) is 3.14. The zero-order chi connectivity index (χ0) is 15.2. The van der Waals surface area contributed by atoms with Crippen LogP contribution in [0.1, 0.15) is 55.8 Å². The third-order valence-corrected chi connectivity index (χ3v) is 3.94. The Hall–Kier alpha value is -1.53. The highest BCUT2D eigenvalue weighted by Gasteiger charge is 2.22. The molecule has 5 nitrogen and oxygen atoms in total. The van der Waals surface area contributed by atoms with Crippen molar-refractivity contribution < 1.29 is 4.74 Å². The maximum absolute atomic E-state index is 5.55. The lowest BCUT2D eigenvalue weighted by Crippen LogP contribution is -2.22. The maximum Gasteiger partial charge on any atom is 0.137 e. The van der Waals surface area contributed by atoms with Gasteiger partial charge >= 0.3 is 0 Å². The Morgan fingerprint density at radius 1 is 1.29 bits per heavy atom. The van der Waals surface area contributed by atoms with Crippen LogP contribution >= 0.6 is 11.5 Å². The zero-order valence-corrected chi connectivity index (χ0v) is 13.8. The maximum atomic E-state index is 5.55. The van der Waals surface area contributed by atoms with E-state index in [0.29, 0.717) is 12.5 Å². The number of rotatable bonds is 7. The van der Waals surface area contributed by atoms with Crippen molar-refractivity contribution in [1.29, 1.82) is 0 Å². The Bertz CT molecular complexity index is 570. The van der Waals surface area contributed by atoms with Crippen molar-refractivity contribution in [3.63, 3.8) is 0 Å². The molecule has 2 heterocycles. The SMILES string of the molecule is CCNC(c1cncc(OCC)c1)c1snnc1C(C)C. The van der Waals surface area contributed by atoms with Crippen LogP contribution in [0.5, 0.6) is 5.75 Å². The van der Waals surface area contributed by atoms with E-state index in [1.54, 1.807) is 6.20 Å². The fraction of sp³-hybridized carbons (Fsp3) is 0.533. The van der Waals surface area contributed by atoms with Crippen LogP contribution in [0.2, 0.25) is 0 Å². The lowest BCUT2D eigenvalue weighted by atomic mass is 10.0. The van der Waals surface area contributed by atoms with Gasteiger partial charge in [-0.05, 0) is 42.5 Å². The van der Waals surface area contributed by atoms with E-state index in [0.717, 1.165) is 28.4 Å². The second kappa shape index (κ2) is 7.47. The Morgan fingerprint density at radius 2 is 2.10 bits per heavy atom. The molecule has 1 atom stereocenters. The molecule has 0 saturated carbocycles. The van der Waals surface area contributed by atoms with Gasteiger partial charge in [0.25, 0.3) is 0 Å². The van der Waals surface area contributed by atoms with E-state index < -0.39 is 0 Å². The first-order chi connectivity index (χ1) is 10.2. The molecule has 0 saturated heterocycles. The highest BCUT2D eigenvalue weighted by atomic mass is 32.1. The average molecular weight is 306 g/mol. The van der Waals surface area contributed by atoms with Crippen LogP contribution in [0.15, 0.2) is 18.5 Å². The van der Waals surface area contributed by atoms with E-state index in [4.69, 9.17) is 4.74 Å². The lowest BCUT2D eigenvalue weighted by molar-refractivity contribution is 0.338. The van der Waals surface area contributed by atoms with E-state index >= 15 is 0 Å². The van der Waals surface area contributed by atoms with Crippen LogP contribution in [0, 0.1) is 0 Å². The number of ether oxygens (including phenoxy) is 1. The minimum Gasteiger partial charge on any atom is -0.492 e. The molecule has 114 valence electrons. The Labute approximate surface area is 129 Å². The fourth-order valence-corrected chi connectivity index (χ4v) is 3.12. The van der Waals surface area contributed by atoms with Gasteiger partial charge < -0.3 is 10.1 Å². The molecule has 2 rings (SSSR count). The van der Waals surface area contributed by atoms with Gasteiger partial charge in [0, 0.05) is 6.20 Å². The molecule has 1 N–H and O–H groups in total. The van der Waals surface area contributed by atoms with E-state index in [-0.39, 0.29) is 6.04 Å². The summed E-state index contributed by atoms with van der Waals surface area (Å²) in [5, 5.41) is 7.78. The predicted molar refractivity (Wildman–Crippen MR) is 84.9 cm³/mol. The van der Waals surface area contributed by atoms with Crippen LogP contribution in [-0.2, 0) is 0 Å². The molecule has 2 aromatic rings. The van der Waals surface area contributed by atoms with Gasteiger partial charge in [0.05, 0.1) is 29.4 Å². The summed E-state index contributed by atoms with van der Waals surface area (Å²) in [5.41, 5.74) is 2.13. The number of hydrogen-bond donors (Lipinski definition) is 1. The van der Waals surface area contributed by atoms with Crippen molar-refractivity contribution in [2.75, 3.05) is 13.2 Å². The lowest BCUT2D eigenvalue weighted by Gasteiger charge is -2.18. The quantitative estimate of drug-likeness (QED) is 0.851. The third kappa shape index (κ3) is 3.77. The summed E-state index contributed by atoms with van der Waals surface area (Å²) in [6.45, 7) is 9.83. The Morgan fingerprint density at radius 3 is 2.76 bits per heavy atom. The highest BCUT2D eigenvalue weighted by Crippen LogP contribution is 2.31. The molecule has 0 fully saturated rings. The van der Waals surface area contributed by atoms with Crippen molar-refractivity contribution in [2.24, 2.45) is 0 Å². The van der Waals surface area contributed by atoms with Gasteiger partial charge in [0.2, 0.25) is 0 Å². The van der Waals surface area contributed by atoms with E-state index in [9.17, 15) is 0 Å². The molecule has 0 spiro atoms. The summed E-state index contributed by atoms with van der Waals surface area (Å²) in [4.78, 5) is 5.44. The topological polar surface area (TPSA) is 59.9 Å². The molecule has 1 unspecified atom stereocenters. The van der Waals surface area contributed by atoms with Crippen molar-refractivity contribution in [1.82, 2.24) is 19.9 Å². The van der Waals surface area contributed by atoms with Gasteiger partial charge in [-0.3, -0.25) is 4.98 Å². The first-order valence-electron chi connectivity index (χ1n) is 7.30. The van der Waals surface area contributed by atoms with Gasteiger partial charge in [0.15, 0.2) is 0 Å². The van der Waals surface area contributed by atoms with Crippen molar-refractivity contribution in [2.45, 2.75) is 39.7 Å². The van der Waals surface area contributed by atoms with Crippen LogP contribution in [0.3, 0.4) is 0 Å². The van der Waals surface area contributed by atoms with Crippen LogP contribution in [0.25, 0.3) is 0 Å². The second-order valence-electron chi connectivity index (χ2n) is 5.05. The van der Waals surface area contributed by atoms with Crippen molar-refractivity contribution in [3.05, 3.63) is 34.6 Å². The molecule has 0 radical (unpaired) electrons. The molecule has 2 aromatic heterocycles. The Kier molecular flexibility index (Phi) is 5.64. The Balaban J connectivity index is 2.38. The van der Waals surface area contributed by atoms with Gasteiger partial charge in [-0.2, -0.15) is 0 Å². The average Bonchev–Trinajstić information content (AvgIpc) is 2.94. The zero-order valence-electron chi connectivity index (χ0n) is 13.0. The number of aromatic nitrogens is 3. The van der Waals surface area contributed by atoms with Crippen molar-refractivity contribution in [3.8, 4) is 5.75 Å². The van der Waals surface area contributed by atoms with Gasteiger partial charge in [0.1, 0.15) is 5.75 Å². The summed E-state index contributed by atoms with van der Waals surface area (Å²) < 4.78 is 9.68. The largest absolute Gasteiger partial charge is 0.492 e. The number of hydrogen-bond acceptors (Lipinski definition) is 6. The molecule has 0 aliphatic heterocycles. The van der Waals surface area contributed by atoms with Crippen LogP contribution < -0.4 is 10.1 Å². The van der Waals surface area contributed by atoms with Crippen LogP contribution in [-0.4, -0.2) is 27.7 Å². The molecule has 0 bridgehead atoms. The molecule has 21 heavy (non-hydrogen) atoms. The van der Waals surface area contributed by atoms with E-state index in [1.807, 2.05) is 19.2 Å². The standard InChI is InChI=1S/C15H22N4OS/c1-5-17-14(15-13(10(3)4)18-19-21-15)11-7-12(20-6-2)9-16-8-11/h7-10,14,17H,5-6H2,1-4H3. The number of pyridine rings is 1.